The van der Waals surface area contributed by atoms with Gasteiger partial charge < -0.3 is 23.3 Å². The summed E-state index contributed by atoms with van der Waals surface area (Å²) in [6, 6.07) is 15.5. The minimum atomic E-state index is -0.0585. The smallest absolute Gasteiger partial charge is 0.278 e. The van der Waals surface area contributed by atoms with Gasteiger partial charge in [0.25, 0.3) is 5.89 Å². The van der Waals surface area contributed by atoms with Crippen molar-refractivity contribution in [3.8, 4) is 34.5 Å². The van der Waals surface area contributed by atoms with Gasteiger partial charge in [0.2, 0.25) is 5.82 Å². The number of hydrogen-bond acceptors (Lipinski definition) is 7. The van der Waals surface area contributed by atoms with Crippen LogP contribution in [0.4, 0.5) is 0 Å². The average Bonchev–Trinajstić information content (AvgIpc) is 3.46. The normalized spacial score (nSPS) is 15.5. The molecule has 2 aromatic carbocycles. The van der Waals surface area contributed by atoms with Gasteiger partial charge in [-0.15, -0.1) is 0 Å². The molecule has 2 aromatic heterocycles. The third kappa shape index (κ3) is 3.66. The minimum Gasteiger partial charge on any atom is -0.497 e. The molecule has 8 heteroatoms. The van der Waals surface area contributed by atoms with Crippen molar-refractivity contribution in [2.75, 3.05) is 13.7 Å². The zero-order chi connectivity index (χ0) is 21.2. The highest BCUT2D eigenvalue weighted by Crippen LogP contribution is 2.33. The minimum absolute atomic E-state index is 0.0585. The van der Waals surface area contributed by atoms with Gasteiger partial charge in [-0.05, 0) is 36.8 Å². The number of para-hydroxylation sites is 1. The fourth-order valence-electron chi connectivity index (χ4n) is 3.69. The van der Waals surface area contributed by atoms with Crippen LogP contribution in [0, 0.1) is 0 Å². The number of imidazole rings is 1. The molecule has 0 saturated carbocycles. The van der Waals surface area contributed by atoms with Crippen molar-refractivity contribution in [2.45, 2.75) is 26.2 Å². The molecule has 5 rings (SSSR count). The van der Waals surface area contributed by atoms with Crippen LogP contribution in [-0.4, -0.2) is 33.4 Å². The van der Waals surface area contributed by atoms with Gasteiger partial charge in [-0.2, -0.15) is 4.98 Å². The van der Waals surface area contributed by atoms with E-state index in [1.54, 1.807) is 13.4 Å². The van der Waals surface area contributed by atoms with Crippen LogP contribution in [0.5, 0.6) is 11.5 Å². The molecule has 1 aliphatic heterocycles. The summed E-state index contributed by atoms with van der Waals surface area (Å²) in [5.74, 6) is 2.37. The molecular formula is C23H22N4O4. The molecule has 31 heavy (non-hydrogen) atoms. The first-order chi connectivity index (χ1) is 15.3. The zero-order valence-electron chi connectivity index (χ0n) is 17.3. The lowest BCUT2D eigenvalue weighted by molar-refractivity contribution is 0.00328. The highest BCUT2D eigenvalue weighted by molar-refractivity contribution is 5.65. The largest absolute Gasteiger partial charge is 0.497 e. The van der Waals surface area contributed by atoms with Crippen molar-refractivity contribution in [1.82, 2.24) is 19.7 Å². The number of benzene rings is 2. The molecular weight excluding hydrogens is 396 g/mol. The number of nitrogens with zero attached hydrogens (tertiary/aromatic N) is 4. The van der Waals surface area contributed by atoms with Crippen LogP contribution in [0.25, 0.3) is 23.0 Å². The summed E-state index contributed by atoms with van der Waals surface area (Å²) in [7, 11) is 1.66. The lowest BCUT2D eigenvalue weighted by atomic mass is 10.1. The molecule has 0 saturated heterocycles. The van der Waals surface area contributed by atoms with Gasteiger partial charge in [0.05, 0.1) is 44.5 Å². The molecule has 0 aliphatic carbocycles. The maximum absolute atomic E-state index is 6.12. The Morgan fingerprint density at radius 2 is 1.97 bits per heavy atom. The summed E-state index contributed by atoms with van der Waals surface area (Å²) < 4.78 is 24.6. The van der Waals surface area contributed by atoms with E-state index in [1.807, 2.05) is 55.5 Å². The van der Waals surface area contributed by atoms with Crippen LogP contribution in [0.2, 0.25) is 0 Å². The predicted molar refractivity (Wildman–Crippen MR) is 113 cm³/mol. The van der Waals surface area contributed by atoms with Gasteiger partial charge in [-0.25, -0.2) is 4.98 Å². The molecule has 158 valence electrons. The second-order valence-corrected chi connectivity index (χ2v) is 7.12. The van der Waals surface area contributed by atoms with Gasteiger partial charge in [0.1, 0.15) is 17.6 Å². The van der Waals surface area contributed by atoms with Gasteiger partial charge in [-0.3, -0.25) is 0 Å². The van der Waals surface area contributed by atoms with E-state index in [-0.39, 0.29) is 6.10 Å². The summed E-state index contributed by atoms with van der Waals surface area (Å²) in [5.41, 5.74) is 3.43. The summed E-state index contributed by atoms with van der Waals surface area (Å²) in [5, 5.41) is 4.15. The molecule has 4 aromatic rings. The van der Waals surface area contributed by atoms with Crippen molar-refractivity contribution in [2.24, 2.45) is 0 Å². The molecule has 0 N–H and O–H groups in total. The van der Waals surface area contributed by atoms with Crippen LogP contribution in [0.3, 0.4) is 0 Å². The van der Waals surface area contributed by atoms with Crippen LogP contribution in [0.1, 0.15) is 24.3 Å². The highest BCUT2D eigenvalue weighted by atomic mass is 16.5. The second-order valence-electron chi connectivity index (χ2n) is 7.12. The molecule has 3 heterocycles. The number of ether oxygens (including phenoxy) is 3. The third-order valence-electron chi connectivity index (χ3n) is 5.27. The molecule has 0 fully saturated rings. The molecule has 1 atom stereocenters. The van der Waals surface area contributed by atoms with Gasteiger partial charge in [0.15, 0.2) is 5.69 Å². The molecule has 0 amide bonds. The van der Waals surface area contributed by atoms with Gasteiger partial charge in [-0.1, -0.05) is 29.4 Å². The first-order valence-corrected chi connectivity index (χ1v) is 10.1. The Morgan fingerprint density at radius 3 is 2.77 bits per heavy atom. The van der Waals surface area contributed by atoms with E-state index in [0.717, 1.165) is 28.3 Å². The van der Waals surface area contributed by atoms with Crippen molar-refractivity contribution < 1.29 is 18.7 Å². The summed E-state index contributed by atoms with van der Waals surface area (Å²) in [6.07, 6.45) is 1.73. The lowest BCUT2D eigenvalue weighted by Gasteiger charge is -2.25. The number of hydrogen-bond donors (Lipinski definition) is 0. The van der Waals surface area contributed by atoms with E-state index in [4.69, 9.17) is 18.7 Å². The van der Waals surface area contributed by atoms with Crippen LogP contribution in [-0.2, 0) is 17.9 Å². The fourth-order valence-corrected chi connectivity index (χ4v) is 3.69. The van der Waals surface area contributed by atoms with Crippen molar-refractivity contribution in [1.29, 1.82) is 0 Å². The maximum Gasteiger partial charge on any atom is 0.278 e. The average molecular weight is 418 g/mol. The number of methoxy groups -OCH3 is 1. The van der Waals surface area contributed by atoms with E-state index < -0.39 is 0 Å². The molecule has 1 unspecified atom stereocenters. The van der Waals surface area contributed by atoms with E-state index in [2.05, 4.69) is 19.7 Å². The SMILES string of the molecule is CCOc1ccccc1-c1noc(-c2ncn3c2COC(c2ccc(OC)cc2)C3)n1. The lowest BCUT2D eigenvalue weighted by Crippen LogP contribution is -2.20. The molecule has 8 nitrogen and oxygen atoms in total. The summed E-state index contributed by atoms with van der Waals surface area (Å²) in [6.45, 7) is 3.56. The maximum atomic E-state index is 6.12. The fraction of sp³-hybridized carbons (Fsp3) is 0.261. The van der Waals surface area contributed by atoms with E-state index in [9.17, 15) is 0 Å². The number of rotatable bonds is 6. The Labute approximate surface area is 179 Å². The van der Waals surface area contributed by atoms with Crippen LogP contribution in [0.15, 0.2) is 59.4 Å². The third-order valence-corrected chi connectivity index (χ3v) is 5.27. The Hall–Kier alpha value is -3.65. The first kappa shape index (κ1) is 19.3. The van der Waals surface area contributed by atoms with E-state index in [1.165, 1.54) is 0 Å². The van der Waals surface area contributed by atoms with Gasteiger partial charge >= 0.3 is 0 Å². The Bertz CT molecular complexity index is 1180. The van der Waals surface area contributed by atoms with Gasteiger partial charge in [0, 0.05) is 0 Å². The zero-order valence-corrected chi connectivity index (χ0v) is 17.3. The first-order valence-electron chi connectivity index (χ1n) is 10.1. The number of fused-ring (bicyclic) bond motifs is 1. The van der Waals surface area contributed by atoms with Crippen LogP contribution >= 0.6 is 0 Å². The molecule has 0 spiro atoms. The van der Waals surface area contributed by atoms with E-state index in [0.29, 0.717) is 37.2 Å². The van der Waals surface area contributed by atoms with Crippen molar-refractivity contribution >= 4 is 0 Å². The quantitative estimate of drug-likeness (QED) is 0.462. The standard InChI is InChI=1S/C23H22N4O4/c1-3-29-19-7-5-4-6-17(19)22-25-23(31-26-22)21-18-13-30-20(12-27(18)14-24-21)15-8-10-16(28-2)11-9-15/h4-11,14,20H,3,12-13H2,1-2H3. The highest BCUT2D eigenvalue weighted by Gasteiger charge is 2.27. The van der Waals surface area contributed by atoms with Crippen LogP contribution < -0.4 is 9.47 Å². The van der Waals surface area contributed by atoms with Crippen molar-refractivity contribution in [3.05, 3.63) is 66.1 Å². The Morgan fingerprint density at radius 1 is 1.13 bits per heavy atom. The Kier molecular flexibility index (Phi) is 5.13. The Balaban J connectivity index is 1.39. The van der Waals surface area contributed by atoms with E-state index >= 15 is 0 Å². The monoisotopic (exact) mass is 418 g/mol. The molecule has 0 radical (unpaired) electrons. The molecule has 1 aliphatic rings. The number of aromatic nitrogens is 4. The van der Waals surface area contributed by atoms with Crippen molar-refractivity contribution in [3.63, 3.8) is 0 Å². The summed E-state index contributed by atoms with van der Waals surface area (Å²) >= 11 is 0. The topological polar surface area (TPSA) is 84.4 Å². The predicted octanol–water partition coefficient (Wildman–Crippen LogP) is 4.28. The summed E-state index contributed by atoms with van der Waals surface area (Å²) in [4.78, 5) is 9.09. The molecule has 0 bridgehead atoms. The second kappa shape index (κ2) is 8.23.